The van der Waals surface area contributed by atoms with E-state index in [-0.39, 0.29) is 0 Å². The molecule has 0 saturated heterocycles. The van der Waals surface area contributed by atoms with Crippen LogP contribution in [-0.2, 0) is 0 Å². The molecular formula is C15H18N2O. The lowest BCUT2D eigenvalue weighted by atomic mass is 10.2. The summed E-state index contributed by atoms with van der Waals surface area (Å²) in [5.74, 6) is 2.53. The third-order valence-corrected chi connectivity index (χ3v) is 2.58. The zero-order valence-electron chi connectivity index (χ0n) is 11.3. The van der Waals surface area contributed by atoms with Gasteiger partial charge in [-0.1, -0.05) is 26.0 Å². The summed E-state index contributed by atoms with van der Waals surface area (Å²) in [6.45, 7) is 8.14. The number of nitrogens with zero attached hydrogens (tertiary/aromatic N) is 2. The predicted molar refractivity (Wildman–Crippen MR) is 72.1 cm³/mol. The van der Waals surface area contributed by atoms with Crippen LogP contribution in [0.1, 0.15) is 36.8 Å². The molecule has 94 valence electrons. The predicted octanol–water partition coefficient (Wildman–Crippen LogP) is 4.01. The largest absolute Gasteiger partial charge is 0.439 e. The van der Waals surface area contributed by atoms with Crippen molar-refractivity contribution in [3.8, 4) is 11.6 Å². The van der Waals surface area contributed by atoms with Gasteiger partial charge in [0.25, 0.3) is 0 Å². The molecule has 0 aliphatic carbocycles. The molecule has 0 N–H and O–H groups in total. The van der Waals surface area contributed by atoms with E-state index >= 15 is 0 Å². The normalized spacial score (nSPS) is 10.7. The smallest absolute Gasteiger partial charge is 0.222 e. The van der Waals surface area contributed by atoms with Crippen molar-refractivity contribution >= 4 is 0 Å². The van der Waals surface area contributed by atoms with Crippen molar-refractivity contribution in [2.24, 2.45) is 0 Å². The van der Waals surface area contributed by atoms with E-state index in [2.05, 4.69) is 23.8 Å². The van der Waals surface area contributed by atoms with Gasteiger partial charge in [0, 0.05) is 17.7 Å². The van der Waals surface area contributed by atoms with Crippen LogP contribution in [0.25, 0.3) is 0 Å². The van der Waals surface area contributed by atoms with E-state index in [0.717, 1.165) is 17.3 Å². The summed E-state index contributed by atoms with van der Waals surface area (Å²) < 4.78 is 5.78. The molecule has 0 aliphatic heterocycles. The Morgan fingerprint density at radius 1 is 1.06 bits per heavy atom. The molecule has 0 aliphatic rings. The molecule has 0 fully saturated rings. The summed E-state index contributed by atoms with van der Waals surface area (Å²) in [6.07, 6.45) is 0. The average molecular weight is 242 g/mol. The molecule has 1 heterocycles. The summed E-state index contributed by atoms with van der Waals surface area (Å²) in [7, 11) is 0. The fourth-order valence-corrected chi connectivity index (χ4v) is 1.67. The first-order valence-corrected chi connectivity index (χ1v) is 6.14. The van der Waals surface area contributed by atoms with Crippen molar-refractivity contribution in [3.63, 3.8) is 0 Å². The summed E-state index contributed by atoms with van der Waals surface area (Å²) in [6, 6.07) is 9.79. The van der Waals surface area contributed by atoms with Crippen molar-refractivity contribution in [1.29, 1.82) is 0 Å². The molecule has 3 heteroatoms. The molecule has 0 saturated carbocycles. The lowest BCUT2D eigenvalue weighted by Gasteiger charge is -2.09. The Labute approximate surface area is 108 Å². The Bertz CT molecular complexity index is 550. The fourth-order valence-electron chi connectivity index (χ4n) is 1.67. The molecule has 18 heavy (non-hydrogen) atoms. The van der Waals surface area contributed by atoms with E-state index in [1.807, 2.05) is 44.2 Å². The molecule has 0 amide bonds. The van der Waals surface area contributed by atoms with Gasteiger partial charge in [-0.15, -0.1) is 0 Å². The van der Waals surface area contributed by atoms with Crippen LogP contribution in [0.5, 0.6) is 11.6 Å². The highest BCUT2D eigenvalue weighted by molar-refractivity contribution is 5.31. The Kier molecular flexibility index (Phi) is 3.60. The van der Waals surface area contributed by atoms with Crippen LogP contribution in [0.3, 0.4) is 0 Å². The van der Waals surface area contributed by atoms with Crippen LogP contribution in [0.15, 0.2) is 30.3 Å². The van der Waals surface area contributed by atoms with E-state index in [0.29, 0.717) is 11.8 Å². The highest BCUT2D eigenvalue weighted by Crippen LogP contribution is 2.22. The topological polar surface area (TPSA) is 35.0 Å². The minimum atomic E-state index is 0.296. The second kappa shape index (κ2) is 5.17. The third-order valence-electron chi connectivity index (χ3n) is 2.58. The maximum atomic E-state index is 5.78. The second-order valence-corrected chi connectivity index (χ2v) is 4.78. The van der Waals surface area contributed by atoms with Crippen molar-refractivity contribution in [2.75, 3.05) is 0 Å². The number of aryl methyl sites for hydroxylation is 2. The van der Waals surface area contributed by atoms with Gasteiger partial charge >= 0.3 is 0 Å². The van der Waals surface area contributed by atoms with Crippen LogP contribution >= 0.6 is 0 Å². The molecule has 2 rings (SSSR count). The SMILES string of the molecule is Cc1cccc(Oc2cc(C)nc(C(C)C)n2)c1. The van der Waals surface area contributed by atoms with Gasteiger partial charge in [-0.3, -0.25) is 0 Å². The number of hydrogen-bond acceptors (Lipinski definition) is 3. The van der Waals surface area contributed by atoms with Crippen LogP contribution in [0.2, 0.25) is 0 Å². The van der Waals surface area contributed by atoms with Gasteiger partial charge in [-0.05, 0) is 31.5 Å². The number of rotatable bonds is 3. The Morgan fingerprint density at radius 3 is 2.50 bits per heavy atom. The monoisotopic (exact) mass is 242 g/mol. The Morgan fingerprint density at radius 2 is 1.83 bits per heavy atom. The van der Waals surface area contributed by atoms with Gasteiger partial charge in [-0.2, -0.15) is 4.98 Å². The summed E-state index contributed by atoms with van der Waals surface area (Å²) in [4.78, 5) is 8.83. The van der Waals surface area contributed by atoms with Crippen LogP contribution in [0.4, 0.5) is 0 Å². The average Bonchev–Trinajstić information content (AvgIpc) is 2.28. The Hall–Kier alpha value is -1.90. The van der Waals surface area contributed by atoms with Crippen molar-refractivity contribution in [3.05, 3.63) is 47.4 Å². The zero-order valence-corrected chi connectivity index (χ0v) is 11.3. The number of benzene rings is 1. The van der Waals surface area contributed by atoms with Gasteiger partial charge in [0.15, 0.2) is 0 Å². The molecule has 0 unspecified atom stereocenters. The van der Waals surface area contributed by atoms with E-state index in [9.17, 15) is 0 Å². The first-order chi connectivity index (χ1) is 8.54. The maximum Gasteiger partial charge on any atom is 0.222 e. The van der Waals surface area contributed by atoms with Gasteiger partial charge in [-0.25, -0.2) is 4.98 Å². The van der Waals surface area contributed by atoms with Crippen molar-refractivity contribution in [2.45, 2.75) is 33.6 Å². The van der Waals surface area contributed by atoms with E-state index < -0.39 is 0 Å². The zero-order chi connectivity index (χ0) is 13.1. The maximum absolute atomic E-state index is 5.78. The summed E-state index contributed by atoms with van der Waals surface area (Å²) >= 11 is 0. The quantitative estimate of drug-likeness (QED) is 0.815. The molecule has 1 aromatic heterocycles. The van der Waals surface area contributed by atoms with Crippen LogP contribution < -0.4 is 4.74 Å². The molecule has 3 nitrogen and oxygen atoms in total. The minimum Gasteiger partial charge on any atom is -0.439 e. The van der Waals surface area contributed by atoms with Crippen LogP contribution in [-0.4, -0.2) is 9.97 Å². The first kappa shape index (κ1) is 12.6. The summed E-state index contributed by atoms with van der Waals surface area (Å²) in [5, 5.41) is 0. The minimum absolute atomic E-state index is 0.296. The lowest BCUT2D eigenvalue weighted by Crippen LogP contribution is -2.01. The molecule has 0 bridgehead atoms. The van der Waals surface area contributed by atoms with Gasteiger partial charge in [0.1, 0.15) is 11.6 Å². The molecule has 0 spiro atoms. The van der Waals surface area contributed by atoms with Gasteiger partial charge in [0.05, 0.1) is 0 Å². The van der Waals surface area contributed by atoms with Crippen molar-refractivity contribution in [1.82, 2.24) is 9.97 Å². The van der Waals surface area contributed by atoms with Crippen molar-refractivity contribution < 1.29 is 4.74 Å². The number of hydrogen-bond donors (Lipinski definition) is 0. The number of aromatic nitrogens is 2. The molecule has 1 aromatic carbocycles. The standard InChI is InChI=1S/C15H18N2O/c1-10(2)15-16-12(4)9-14(17-15)18-13-7-5-6-11(3)8-13/h5-10H,1-4H3. The van der Waals surface area contributed by atoms with Crippen LogP contribution in [0, 0.1) is 13.8 Å². The third kappa shape index (κ3) is 3.06. The van der Waals surface area contributed by atoms with E-state index in [1.165, 1.54) is 5.56 Å². The summed E-state index contributed by atoms with van der Waals surface area (Å²) in [5.41, 5.74) is 2.10. The highest BCUT2D eigenvalue weighted by Gasteiger charge is 2.07. The molecule has 0 atom stereocenters. The number of ether oxygens (including phenoxy) is 1. The van der Waals surface area contributed by atoms with E-state index in [1.54, 1.807) is 0 Å². The highest BCUT2D eigenvalue weighted by atomic mass is 16.5. The van der Waals surface area contributed by atoms with E-state index in [4.69, 9.17) is 4.74 Å². The molecule has 0 radical (unpaired) electrons. The second-order valence-electron chi connectivity index (χ2n) is 4.78. The first-order valence-electron chi connectivity index (χ1n) is 6.14. The van der Waals surface area contributed by atoms with Gasteiger partial charge < -0.3 is 4.74 Å². The Balaban J connectivity index is 2.29. The molecular weight excluding hydrogens is 224 g/mol. The van der Waals surface area contributed by atoms with Gasteiger partial charge in [0.2, 0.25) is 5.88 Å². The molecule has 2 aromatic rings. The fraction of sp³-hybridized carbons (Fsp3) is 0.333. The lowest BCUT2D eigenvalue weighted by molar-refractivity contribution is 0.455.